The third-order valence-corrected chi connectivity index (χ3v) is 3.35. The summed E-state index contributed by atoms with van der Waals surface area (Å²) in [5, 5.41) is 6.09. The van der Waals surface area contributed by atoms with Crippen molar-refractivity contribution in [2.24, 2.45) is 0 Å². The van der Waals surface area contributed by atoms with Crippen LogP contribution in [0.1, 0.15) is 46.5 Å². The Morgan fingerprint density at radius 3 is 2.32 bits per heavy atom. The van der Waals surface area contributed by atoms with Crippen LogP contribution >= 0.6 is 0 Å². The Morgan fingerprint density at radius 2 is 1.77 bits per heavy atom. The molecule has 0 heterocycles. The molecule has 0 aromatic heterocycles. The maximum atomic E-state index is 11.7. The number of carbonyl (C=O) groups is 2. The van der Waals surface area contributed by atoms with Gasteiger partial charge in [-0.15, -0.1) is 0 Å². The molecule has 22 heavy (non-hydrogen) atoms. The Balaban J connectivity index is 2.19. The number of hydrogen-bond acceptors (Lipinski definition) is 5. The van der Waals surface area contributed by atoms with E-state index in [-0.39, 0.29) is 37.3 Å². The highest BCUT2D eigenvalue weighted by atomic mass is 16.6. The molecule has 0 radical (unpaired) electrons. The molecule has 0 spiro atoms. The van der Waals surface area contributed by atoms with Crippen molar-refractivity contribution in [2.75, 3.05) is 13.2 Å². The van der Waals surface area contributed by atoms with Gasteiger partial charge in [0.2, 0.25) is 0 Å². The van der Waals surface area contributed by atoms with Crippen LogP contribution in [0.3, 0.4) is 0 Å². The molecular formula is C16H28N2O4. The second-order valence-electron chi connectivity index (χ2n) is 6.55. The molecule has 0 saturated heterocycles. The maximum Gasteiger partial charge on any atom is 0.407 e. The minimum absolute atomic E-state index is 0.139. The molecule has 6 nitrogen and oxygen atoms in total. The Morgan fingerprint density at radius 1 is 1.18 bits per heavy atom. The smallest absolute Gasteiger partial charge is 0.407 e. The molecular weight excluding hydrogens is 284 g/mol. The van der Waals surface area contributed by atoms with E-state index in [1.807, 2.05) is 20.8 Å². The standard InChI is InChI=1S/C16H28N2O4/c1-5-10-21-14(19)11-17-12-6-8-13(9-7-12)18-15(20)22-16(2,3)4/h5,12-13,17H,1,6-11H2,2-4H3,(H,18,20). The molecule has 2 N–H and O–H groups in total. The van der Waals surface area contributed by atoms with Crippen molar-refractivity contribution in [3.05, 3.63) is 12.7 Å². The third-order valence-electron chi connectivity index (χ3n) is 3.35. The molecule has 1 fully saturated rings. The molecule has 0 atom stereocenters. The monoisotopic (exact) mass is 312 g/mol. The van der Waals surface area contributed by atoms with Gasteiger partial charge in [-0.25, -0.2) is 4.79 Å². The minimum atomic E-state index is -0.478. The van der Waals surface area contributed by atoms with E-state index >= 15 is 0 Å². The Hall–Kier alpha value is -1.56. The van der Waals surface area contributed by atoms with Gasteiger partial charge in [-0.05, 0) is 46.5 Å². The van der Waals surface area contributed by atoms with Gasteiger partial charge in [0.25, 0.3) is 0 Å². The number of carbonyl (C=O) groups excluding carboxylic acids is 2. The van der Waals surface area contributed by atoms with Gasteiger partial charge in [0.1, 0.15) is 12.2 Å². The lowest BCUT2D eigenvalue weighted by atomic mass is 9.91. The second kappa shape index (κ2) is 8.78. The molecule has 126 valence electrons. The summed E-state index contributed by atoms with van der Waals surface area (Å²) in [4.78, 5) is 23.1. The van der Waals surface area contributed by atoms with Crippen LogP contribution < -0.4 is 10.6 Å². The first kappa shape index (κ1) is 18.5. The molecule has 0 aromatic carbocycles. The van der Waals surface area contributed by atoms with Crippen molar-refractivity contribution in [3.8, 4) is 0 Å². The normalized spacial score (nSPS) is 21.8. The second-order valence-corrected chi connectivity index (χ2v) is 6.55. The Labute approximate surface area is 132 Å². The molecule has 1 amide bonds. The van der Waals surface area contributed by atoms with E-state index in [0.717, 1.165) is 25.7 Å². The van der Waals surface area contributed by atoms with E-state index in [0.29, 0.717) is 0 Å². The molecule has 1 saturated carbocycles. The highest BCUT2D eigenvalue weighted by molar-refractivity contribution is 5.71. The van der Waals surface area contributed by atoms with Crippen molar-refractivity contribution < 1.29 is 19.1 Å². The van der Waals surface area contributed by atoms with E-state index in [4.69, 9.17) is 9.47 Å². The number of alkyl carbamates (subject to hydrolysis) is 1. The van der Waals surface area contributed by atoms with Crippen LogP contribution in [0.15, 0.2) is 12.7 Å². The molecule has 0 aromatic rings. The lowest BCUT2D eigenvalue weighted by molar-refractivity contribution is -0.141. The number of amides is 1. The first-order valence-electron chi connectivity index (χ1n) is 7.79. The maximum absolute atomic E-state index is 11.7. The third kappa shape index (κ3) is 8.02. The van der Waals surface area contributed by atoms with Crippen LogP contribution in [0.25, 0.3) is 0 Å². The summed E-state index contributed by atoms with van der Waals surface area (Å²) in [7, 11) is 0. The Bertz CT molecular complexity index is 382. The highest BCUT2D eigenvalue weighted by Crippen LogP contribution is 2.19. The summed E-state index contributed by atoms with van der Waals surface area (Å²) in [5.74, 6) is -0.270. The van der Waals surface area contributed by atoms with Crippen LogP contribution in [0.5, 0.6) is 0 Å². The van der Waals surface area contributed by atoms with E-state index in [9.17, 15) is 9.59 Å². The van der Waals surface area contributed by atoms with Crippen LogP contribution in [0.4, 0.5) is 4.79 Å². The molecule has 6 heteroatoms. The van der Waals surface area contributed by atoms with E-state index in [2.05, 4.69) is 17.2 Å². The summed E-state index contributed by atoms with van der Waals surface area (Å²) in [6.07, 6.45) is 4.75. The summed E-state index contributed by atoms with van der Waals surface area (Å²) in [6, 6.07) is 0.425. The molecule has 1 aliphatic rings. The van der Waals surface area contributed by atoms with Gasteiger partial charge >= 0.3 is 12.1 Å². The van der Waals surface area contributed by atoms with Gasteiger partial charge in [-0.2, -0.15) is 0 Å². The fourth-order valence-electron chi connectivity index (χ4n) is 2.35. The molecule has 1 rings (SSSR count). The largest absolute Gasteiger partial charge is 0.461 e. The lowest BCUT2D eigenvalue weighted by Gasteiger charge is -2.30. The van der Waals surface area contributed by atoms with Crippen LogP contribution in [-0.2, 0) is 14.3 Å². The zero-order chi connectivity index (χ0) is 16.6. The van der Waals surface area contributed by atoms with Crippen molar-refractivity contribution in [1.29, 1.82) is 0 Å². The van der Waals surface area contributed by atoms with E-state index < -0.39 is 5.60 Å². The Kier molecular flexibility index (Phi) is 7.38. The average Bonchev–Trinajstić information content (AvgIpc) is 2.42. The van der Waals surface area contributed by atoms with Crippen LogP contribution in [-0.4, -0.2) is 42.9 Å². The predicted octanol–water partition coefficient (Wildman–Crippen LogP) is 2.14. The first-order chi connectivity index (χ1) is 10.3. The SMILES string of the molecule is C=CCOC(=O)CNC1CCC(NC(=O)OC(C)(C)C)CC1. The highest BCUT2D eigenvalue weighted by Gasteiger charge is 2.24. The summed E-state index contributed by atoms with van der Waals surface area (Å²) in [5.41, 5.74) is -0.478. The number of rotatable bonds is 6. The minimum Gasteiger partial charge on any atom is -0.461 e. The van der Waals surface area contributed by atoms with Gasteiger partial charge < -0.3 is 20.1 Å². The number of esters is 1. The van der Waals surface area contributed by atoms with Crippen molar-refractivity contribution in [3.63, 3.8) is 0 Å². The quantitative estimate of drug-likeness (QED) is 0.580. The summed E-state index contributed by atoms with van der Waals surface area (Å²) < 4.78 is 10.2. The number of hydrogen-bond donors (Lipinski definition) is 2. The number of nitrogens with one attached hydrogen (secondary N) is 2. The number of ether oxygens (including phenoxy) is 2. The fraction of sp³-hybridized carbons (Fsp3) is 0.750. The van der Waals surface area contributed by atoms with Crippen LogP contribution in [0, 0.1) is 0 Å². The molecule has 0 aliphatic heterocycles. The fourth-order valence-corrected chi connectivity index (χ4v) is 2.35. The first-order valence-corrected chi connectivity index (χ1v) is 7.79. The predicted molar refractivity (Wildman–Crippen MR) is 84.6 cm³/mol. The van der Waals surface area contributed by atoms with Gasteiger partial charge in [-0.1, -0.05) is 12.7 Å². The van der Waals surface area contributed by atoms with Crippen molar-refractivity contribution in [2.45, 2.75) is 64.1 Å². The summed E-state index contributed by atoms with van der Waals surface area (Å²) >= 11 is 0. The zero-order valence-corrected chi connectivity index (χ0v) is 13.8. The zero-order valence-electron chi connectivity index (χ0n) is 13.8. The molecule has 1 aliphatic carbocycles. The van der Waals surface area contributed by atoms with Crippen molar-refractivity contribution >= 4 is 12.1 Å². The van der Waals surface area contributed by atoms with E-state index in [1.165, 1.54) is 0 Å². The lowest BCUT2D eigenvalue weighted by Crippen LogP contribution is -2.44. The van der Waals surface area contributed by atoms with E-state index in [1.54, 1.807) is 6.08 Å². The average molecular weight is 312 g/mol. The van der Waals surface area contributed by atoms with Gasteiger partial charge in [-0.3, -0.25) is 4.79 Å². The van der Waals surface area contributed by atoms with Gasteiger partial charge in [0.05, 0.1) is 6.54 Å². The molecule has 0 bridgehead atoms. The molecule has 0 unspecified atom stereocenters. The van der Waals surface area contributed by atoms with Crippen molar-refractivity contribution in [1.82, 2.24) is 10.6 Å². The topological polar surface area (TPSA) is 76.7 Å². The van der Waals surface area contributed by atoms with Crippen LogP contribution in [0.2, 0.25) is 0 Å². The summed E-state index contributed by atoms with van der Waals surface area (Å²) in [6.45, 7) is 9.49. The van der Waals surface area contributed by atoms with Gasteiger partial charge in [0, 0.05) is 12.1 Å². The van der Waals surface area contributed by atoms with Gasteiger partial charge in [0.15, 0.2) is 0 Å².